The molecule has 1 unspecified atom stereocenters. The van der Waals surface area contributed by atoms with Gasteiger partial charge in [0.1, 0.15) is 11.0 Å². The summed E-state index contributed by atoms with van der Waals surface area (Å²) in [6.45, 7) is 5.12. The van der Waals surface area contributed by atoms with Crippen molar-refractivity contribution in [1.82, 2.24) is 4.90 Å². The normalized spacial score (nSPS) is 20.9. The van der Waals surface area contributed by atoms with Crippen molar-refractivity contribution in [3.05, 3.63) is 19.2 Å². The Morgan fingerprint density at radius 3 is 3.00 bits per heavy atom. The Bertz CT molecular complexity index is 416. The first-order valence-electron chi connectivity index (χ1n) is 5.98. The Morgan fingerprint density at radius 2 is 2.39 bits per heavy atom. The SMILES string of the molecule is CCN1CCCC(OC(=O)c2cc(Br)c(Br)s2)C1. The van der Waals surface area contributed by atoms with Gasteiger partial charge in [-0.1, -0.05) is 6.92 Å². The Balaban J connectivity index is 1.94. The van der Waals surface area contributed by atoms with Crippen LogP contribution in [0.4, 0.5) is 0 Å². The highest BCUT2D eigenvalue weighted by atomic mass is 79.9. The zero-order valence-corrected chi connectivity index (χ0v) is 14.1. The molecule has 3 nitrogen and oxygen atoms in total. The van der Waals surface area contributed by atoms with Gasteiger partial charge in [-0.05, 0) is 63.9 Å². The van der Waals surface area contributed by atoms with Gasteiger partial charge in [-0.2, -0.15) is 0 Å². The van der Waals surface area contributed by atoms with Crippen molar-refractivity contribution in [2.45, 2.75) is 25.9 Å². The average molecular weight is 397 g/mol. The van der Waals surface area contributed by atoms with Crippen LogP contribution in [0.1, 0.15) is 29.4 Å². The summed E-state index contributed by atoms with van der Waals surface area (Å²) in [6, 6.07) is 1.80. The summed E-state index contributed by atoms with van der Waals surface area (Å²) in [6.07, 6.45) is 2.10. The fourth-order valence-electron chi connectivity index (χ4n) is 2.05. The van der Waals surface area contributed by atoms with Crippen molar-refractivity contribution in [3.63, 3.8) is 0 Å². The zero-order valence-electron chi connectivity index (χ0n) is 10.1. The van der Waals surface area contributed by atoms with Crippen LogP contribution in [-0.2, 0) is 4.74 Å². The second kappa shape index (κ2) is 6.50. The number of carbonyl (C=O) groups excluding carboxylic acids is 1. The van der Waals surface area contributed by atoms with Crippen molar-refractivity contribution < 1.29 is 9.53 Å². The lowest BCUT2D eigenvalue weighted by atomic mass is 10.1. The maximum Gasteiger partial charge on any atom is 0.348 e. The van der Waals surface area contributed by atoms with E-state index in [1.807, 2.05) is 0 Å². The van der Waals surface area contributed by atoms with Crippen LogP contribution in [0, 0.1) is 0 Å². The van der Waals surface area contributed by atoms with Crippen molar-refractivity contribution in [1.29, 1.82) is 0 Å². The monoisotopic (exact) mass is 395 g/mol. The molecule has 18 heavy (non-hydrogen) atoms. The third-order valence-corrected chi connectivity index (χ3v) is 6.27. The molecule has 0 N–H and O–H groups in total. The van der Waals surface area contributed by atoms with Crippen LogP contribution < -0.4 is 0 Å². The first-order chi connectivity index (χ1) is 8.60. The fraction of sp³-hybridized carbons (Fsp3) is 0.583. The number of nitrogens with zero attached hydrogens (tertiary/aromatic N) is 1. The molecule has 0 aliphatic carbocycles. The number of thiophene rings is 1. The van der Waals surface area contributed by atoms with Crippen molar-refractivity contribution in [3.8, 4) is 0 Å². The number of likely N-dealkylation sites (N-methyl/N-ethyl adjacent to an activating group) is 1. The van der Waals surface area contributed by atoms with E-state index in [1.54, 1.807) is 6.07 Å². The van der Waals surface area contributed by atoms with E-state index in [2.05, 4.69) is 43.7 Å². The molecule has 0 radical (unpaired) electrons. The van der Waals surface area contributed by atoms with Gasteiger partial charge in [-0.25, -0.2) is 4.79 Å². The molecule has 1 aromatic heterocycles. The molecule has 0 aromatic carbocycles. The average Bonchev–Trinajstić information content (AvgIpc) is 2.70. The lowest BCUT2D eigenvalue weighted by Gasteiger charge is -2.31. The summed E-state index contributed by atoms with van der Waals surface area (Å²) in [4.78, 5) is 15.0. The van der Waals surface area contributed by atoms with Gasteiger partial charge in [-0.3, -0.25) is 4.90 Å². The molecule has 1 aliphatic heterocycles. The molecule has 0 spiro atoms. The molecular formula is C12H15Br2NO2S. The smallest absolute Gasteiger partial charge is 0.348 e. The molecule has 2 heterocycles. The van der Waals surface area contributed by atoms with E-state index in [9.17, 15) is 4.79 Å². The highest BCUT2D eigenvalue weighted by molar-refractivity contribution is 9.13. The lowest BCUT2D eigenvalue weighted by molar-refractivity contribution is 0.00824. The minimum absolute atomic E-state index is 0.0332. The van der Waals surface area contributed by atoms with Crippen LogP contribution in [-0.4, -0.2) is 36.6 Å². The number of piperidine rings is 1. The summed E-state index contributed by atoms with van der Waals surface area (Å²) in [5.41, 5.74) is 0. The number of halogens is 2. The van der Waals surface area contributed by atoms with Crippen molar-refractivity contribution in [2.24, 2.45) is 0 Å². The van der Waals surface area contributed by atoms with E-state index in [4.69, 9.17) is 4.74 Å². The molecule has 0 bridgehead atoms. The number of carbonyl (C=O) groups is 1. The number of esters is 1. The Kier molecular flexibility index (Phi) is 5.24. The second-order valence-electron chi connectivity index (χ2n) is 4.30. The van der Waals surface area contributed by atoms with E-state index >= 15 is 0 Å². The first kappa shape index (κ1) is 14.5. The largest absolute Gasteiger partial charge is 0.457 e. The van der Waals surface area contributed by atoms with Gasteiger partial charge >= 0.3 is 5.97 Å². The first-order valence-corrected chi connectivity index (χ1v) is 8.38. The molecule has 6 heteroatoms. The molecule has 1 aliphatic rings. The topological polar surface area (TPSA) is 29.5 Å². The highest BCUT2D eigenvalue weighted by Gasteiger charge is 2.23. The summed E-state index contributed by atoms with van der Waals surface area (Å²) in [5, 5.41) is 0. The third kappa shape index (κ3) is 3.56. The minimum atomic E-state index is -0.214. The summed E-state index contributed by atoms with van der Waals surface area (Å²) < 4.78 is 7.39. The molecule has 1 aromatic rings. The highest BCUT2D eigenvalue weighted by Crippen LogP contribution is 2.33. The van der Waals surface area contributed by atoms with Gasteiger partial charge in [0, 0.05) is 11.0 Å². The number of hydrogen-bond acceptors (Lipinski definition) is 4. The number of ether oxygens (including phenoxy) is 1. The van der Waals surface area contributed by atoms with E-state index in [1.165, 1.54) is 11.3 Å². The van der Waals surface area contributed by atoms with Gasteiger partial charge in [0.15, 0.2) is 0 Å². The quantitative estimate of drug-likeness (QED) is 0.725. The van der Waals surface area contributed by atoms with E-state index in [0.29, 0.717) is 4.88 Å². The lowest BCUT2D eigenvalue weighted by Crippen LogP contribution is -2.40. The van der Waals surface area contributed by atoms with E-state index in [0.717, 1.165) is 40.7 Å². The maximum absolute atomic E-state index is 12.0. The summed E-state index contributed by atoms with van der Waals surface area (Å²) >= 11 is 8.16. The molecule has 1 saturated heterocycles. The van der Waals surface area contributed by atoms with Crippen molar-refractivity contribution >= 4 is 49.2 Å². The Labute approximate surface area is 128 Å². The van der Waals surface area contributed by atoms with Crippen molar-refractivity contribution in [2.75, 3.05) is 19.6 Å². The van der Waals surface area contributed by atoms with Gasteiger partial charge in [0.2, 0.25) is 0 Å². The Morgan fingerprint density at radius 1 is 1.61 bits per heavy atom. The van der Waals surface area contributed by atoms with Gasteiger partial charge < -0.3 is 4.74 Å². The molecule has 0 amide bonds. The minimum Gasteiger partial charge on any atom is -0.457 e. The molecule has 1 atom stereocenters. The molecular weight excluding hydrogens is 382 g/mol. The van der Waals surface area contributed by atoms with Gasteiger partial charge in [-0.15, -0.1) is 11.3 Å². The van der Waals surface area contributed by atoms with Gasteiger partial charge in [0.25, 0.3) is 0 Å². The van der Waals surface area contributed by atoms with Gasteiger partial charge in [0.05, 0.1) is 3.79 Å². The van der Waals surface area contributed by atoms with Crippen LogP contribution in [0.3, 0.4) is 0 Å². The third-order valence-electron chi connectivity index (χ3n) is 3.03. The molecule has 1 fully saturated rings. The van der Waals surface area contributed by atoms with Crippen LogP contribution in [0.5, 0.6) is 0 Å². The predicted octanol–water partition coefficient (Wildman–Crippen LogP) is 3.91. The van der Waals surface area contributed by atoms with E-state index < -0.39 is 0 Å². The number of rotatable bonds is 3. The van der Waals surface area contributed by atoms with Crippen LogP contribution in [0.2, 0.25) is 0 Å². The van der Waals surface area contributed by atoms with Crippen LogP contribution in [0.15, 0.2) is 14.3 Å². The predicted molar refractivity (Wildman–Crippen MR) is 80.3 cm³/mol. The van der Waals surface area contributed by atoms with Crippen LogP contribution >= 0.6 is 43.2 Å². The molecule has 2 rings (SSSR count). The Hall–Kier alpha value is 0.0900. The standard InChI is InChI=1S/C12H15Br2NO2S/c1-2-15-5-3-4-8(7-15)17-12(16)10-6-9(13)11(14)18-10/h6,8H,2-5,7H2,1H3. The maximum atomic E-state index is 12.0. The van der Waals surface area contributed by atoms with E-state index in [-0.39, 0.29) is 12.1 Å². The summed E-state index contributed by atoms with van der Waals surface area (Å²) in [5.74, 6) is -0.214. The number of hydrogen-bond donors (Lipinski definition) is 0. The zero-order chi connectivity index (χ0) is 13.1. The fourth-order valence-corrected chi connectivity index (χ4v) is 3.97. The molecule has 0 saturated carbocycles. The molecule has 100 valence electrons. The second-order valence-corrected chi connectivity index (χ2v) is 7.52. The number of likely N-dealkylation sites (tertiary alicyclic amines) is 1. The summed E-state index contributed by atoms with van der Waals surface area (Å²) in [7, 11) is 0. The van der Waals surface area contributed by atoms with Crippen LogP contribution in [0.25, 0.3) is 0 Å².